The Kier molecular flexibility index (Phi) is 3.02. The molecule has 0 bridgehead atoms. The third kappa shape index (κ3) is 2.05. The van der Waals surface area contributed by atoms with Gasteiger partial charge in [-0.15, -0.1) is 0 Å². The van der Waals surface area contributed by atoms with E-state index in [2.05, 4.69) is 0 Å². The number of nitrogens with two attached hydrogens (primary N) is 1. The van der Waals surface area contributed by atoms with Gasteiger partial charge in [-0.2, -0.15) is 5.26 Å². The summed E-state index contributed by atoms with van der Waals surface area (Å²) in [6, 6.07) is 8.58. The Hall–Kier alpha value is -1.37. The van der Waals surface area contributed by atoms with Crippen LogP contribution >= 0.6 is 0 Å². The summed E-state index contributed by atoms with van der Waals surface area (Å²) in [7, 11) is 0. The molecule has 1 aromatic carbocycles. The van der Waals surface area contributed by atoms with Crippen molar-refractivity contribution in [2.75, 3.05) is 0 Å². The number of benzene rings is 1. The van der Waals surface area contributed by atoms with Crippen LogP contribution in [0.3, 0.4) is 0 Å². The first-order valence-corrected chi connectivity index (χ1v) is 4.09. The maximum atomic E-state index is 9.26. The second-order valence-electron chi connectivity index (χ2n) is 2.97. The zero-order valence-corrected chi connectivity index (χ0v) is 7.44. The van der Waals surface area contributed by atoms with E-state index >= 15 is 0 Å². The number of aliphatic hydroxyl groups is 1. The van der Waals surface area contributed by atoms with Crippen molar-refractivity contribution in [3.05, 3.63) is 35.4 Å². The lowest BCUT2D eigenvalue weighted by molar-refractivity contribution is 0.164. The molecular formula is C10H12N2O. The van der Waals surface area contributed by atoms with Crippen molar-refractivity contribution in [2.45, 2.75) is 19.1 Å². The van der Waals surface area contributed by atoms with Gasteiger partial charge < -0.3 is 10.8 Å². The molecule has 0 saturated heterocycles. The summed E-state index contributed by atoms with van der Waals surface area (Å²) in [5.74, 6) is 0. The molecule has 13 heavy (non-hydrogen) atoms. The average Bonchev–Trinajstić information content (AvgIpc) is 2.16. The van der Waals surface area contributed by atoms with Crippen molar-refractivity contribution in [1.29, 1.82) is 5.26 Å². The first-order chi connectivity index (χ1) is 6.16. The molecule has 0 aromatic heterocycles. The average molecular weight is 176 g/mol. The SMILES string of the molecule is CC(O)C(N)c1ccccc1C#N. The third-order valence-corrected chi connectivity index (χ3v) is 1.96. The van der Waals surface area contributed by atoms with Gasteiger partial charge in [0, 0.05) is 0 Å². The van der Waals surface area contributed by atoms with Gasteiger partial charge >= 0.3 is 0 Å². The molecule has 0 aliphatic rings. The minimum Gasteiger partial charge on any atom is -0.391 e. The van der Waals surface area contributed by atoms with Crippen LogP contribution in [0.4, 0.5) is 0 Å². The molecule has 0 spiro atoms. The Morgan fingerprint density at radius 1 is 1.46 bits per heavy atom. The summed E-state index contributed by atoms with van der Waals surface area (Å²) in [5.41, 5.74) is 6.93. The van der Waals surface area contributed by atoms with Crippen LogP contribution in [0.25, 0.3) is 0 Å². The molecule has 0 aliphatic heterocycles. The summed E-state index contributed by atoms with van der Waals surface area (Å²) in [5, 5.41) is 18.0. The summed E-state index contributed by atoms with van der Waals surface area (Å²) >= 11 is 0. The summed E-state index contributed by atoms with van der Waals surface area (Å²) in [4.78, 5) is 0. The van der Waals surface area contributed by atoms with Gasteiger partial charge in [-0.05, 0) is 18.6 Å². The molecular weight excluding hydrogens is 164 g/mol. The number of nitriles is 1. The molecule has 0 aliphatic carbocycles. The van der Waals surface area contributed by atoms with Gasteiger partial charge in [0.25, 0.3) is 0 Å². The van der Waals surface area contributed by atoms with Crippen molar-refractivity contribution in [3.8, 4) is 6.07 Å². The molecule has 68 valence electrons. The Bertz CT molecular complexity index is 328. The molecule has 2 unspecified atom stereocenters. The Morgan fingerprint density at radius 2 is 2.08 bits per heavy atom. The lowest BCUT2D eigenvalue weighted by atomic mass is 9.98. The summed E-state index contributed by atoms with van der Waals surface area (Å²) < 4.78 is 0. The van der Waals surface area contributed by atoms with Crippen LogP contribution in [-0.4, -0.2) is 11.2 Å². The highest BCUT2D eigenvalue weighted by molar-refractivity contribution is 5.39. The van der Waals surface area contributed by atoms with Crippen molar-refractivity contribution in [1.82, 2.24) is 0 Å². The first-order valence-electron chi connectivity index (χ1n) is 4.09. The molecule has 0 fully saturated rings. The van der Waals surface area contributed by atoms with E-state index in [9.17, 15) is 5.11 Å². The number of nitrogens with zero attached hydrogens (tertiary/aromatic N) is 1. The lowest BCUT2D eigenvalue weighted by Crippen LogP contribution is -2.23. The third-order valence-electron chi connectivity index (χ3n) is 1.96. The van der Waals surface area contributed by atoms with Gasteiger partial charge in [-0.3, -0.25) is 0 Å². The number of hydrogen-bond donors (Lipinski definition) is 2. The van der Waals surface area contributed by atoms with Gasteiger partial charge in [-0.1, -0.05) is 18.2 Å². The van der Waals surface area contributed by atoms with Crippen LogP contribution in [-0.2, 0) is 0 Å². The van der Waals surface area contributed by atoms with E-state index in [4.69, 9.17) is 11.0 Å². The van der Waals surface area contributed by atoms with E-state index in [-0.39, 0.29) is 0 Å². The summed E-state index contributed by atoms with van der Waals surface area (Å²) in [6.07, 6.45) is -0.644. The Morgan fingerprint density at radius 3 is 2.62 bits per heavy atom. The van der Waals surface area contributed by atoms with Crippen molar-refractivity contribution in [3.63, 3.8) is 0 Å². The second kappa shape index (κ2) is 4.04. The molecule has 1 aromatic rings. The van der Waals surface area contributed by atoms with Crippen LogP contribution in [0, 0.1) is 11.3 Å². The van der Waals surface area contributed by atoms with Crippen LogP contribution in [0.15, 0.2) is 24.3 Å². The highest BCUT2D eigenvalue weighted by Gasteiger charge is 2.14. The smallest absolute Gasteiger partial charge is 0.0995 e. The van der Waals surface area contributed by atoms with E-state index in [0.29, 0.717) is 11.1 Å². The van der Waals surface area contributed by atoms with Gasteiger partial charge in [0.2, 0.25) is 0 Å². The molecule has 3 N–H and O–H groups in total. The molecule has 1 rings (SSSR count). The predicted octanol–water partition coefficient (Wildman–Crippen LogP) is 0.939. The highest BCUT2D eigenvalue weighted by Crippen LogP contribution is 2.17. The molecule has 3 nitrogen and oxygen atoms in total. The maximum absolute atomic E-state index is 9.26. The zero-order valence-electron chi connectivity index (χ0n) is 7.44. The van der Waals surface area contributed by atoms with Gasteiger partial charge in [0.1, 0.15) is 0 Å². The number of hydrogen-bond acceptors (Lipinski definition) is 3. The molecule has 3 heteroatoms. The largest absolute Gasteiger partial charge is 0.391 e. The van der Waals surface area contributed by atoms with Gasteiger partial charge in [0.15, 0.2) is 0 Å². The molecule has 0 saturated carbocycles. The number of rotatable bonds is 2. The molecule has 2 atom stereocenters. The normalized spacial score (nSPS) is 14.6. The molecule has 0 radical (unpaired) electrons. The molecule has 0 heterocycles. The van der Waals surface area contributed by atoms with E-state index in [1.807, 2.05) is 6.07 Å². The summed E-state index contributed by atoms with van der Waals surface area (Å²) in [6.45, 7) is 1.61. The van der Waals surface area contributed by atoms with Crippen LogP contribution in [0.5, 0.6) is 0 Å². The monoisotopic (exact) mass is 176 g/mol. The topological polar surface area (TPSA) is 70.0 Å². The predicted molar refractivity (Wildman–Crippen MR) is 49.8 cm³/mol. The van der Waals surface area contributed by atoms with Crippen molar-refractivity contribution >= 4 is 0 Å². The van der Waals surface area contributed by atoms with E-state index in [0.717, 1.165) is 0 Å². The fraction of sp³-hybridized carbons (Fsp3) is 0.300. The second-order valence-corrected chi connectivity index (χ2v) is 2.97. The van der Waals surface area contributed by atoms with E-state index in [1.165, 1.54) is 0 Å². The Labute approximate surface area is 77.4 Å². The maximum Gasteiger partial charge on any atom is 0.0995 e. The standard InChI is InChI=1S/C10H12N2O/c1-7(13)10(12)9-5-3-2-4-8(9)6-11/h2-5,7,10,13H,12H2,1H3. The van der Waals surface area contributed by atoms with Crippen LogP contribution in [0.1, 0.15) is 24.1 Å². The minimum absolute atomic E-state index is 0.490. The van der Waals surface area contributed by atoms with Crippen LogP contribution < -0.4 is 5.73 Å². The fourth-order valence-electron chi connectivity index (χ4n) is 1.15. The van der Waals surface area contributed by atoms with Gasteiger partial charge in [0.05, 0.1) is 23.8 Å². The minimum atomic E-state index is -0.644. The first kappa shape index (κ1) is 9.72. The quantitative estimate of drug-likeness (QED) is 0.704. The van der Waals surface area contributed by atoms with Gasteiger partial charge in [-0.25, -0.2) is 0 Å². The fourth-order valence-corrected chi connectivity index (χ4v) is 1.15. The number of aliphatic hydroxyl groups excluding tert-OH is 1. The van der Waals surface area contributed by atoms with Crippen LogP contribution in [0.2, 0.25) is 0 Å². The lowest BCUT2D eigenvalue weighted by Gasteiger charge is -2.15. The Balaban J connectivity index is 3.07. The van der Waals surface area contributed by atoms with Crippen molar-refractivity contribution < 1.29 is 5.11 Å². The van der Waals surface area contributed by atoms with Crippen molar-refractivity contribution in [2.24, 2.45) is 5.73 Å². The van der Waals surface area contributed by atoms with E-state index in [1.54, 1.807) is 31.2 Å². The van der Waals surface area contributed by atoms with E-state index < -0.39 is 12.1 Å². The molecule has 0 amide bonds. The zero-order chi connectivity index (χ0) is 9.84. The highest BCUT2D eigenvalue weighted by atomic mass is 16.3.